The molecule has 0 spiro atoms. The number of fused-ring (bicyclic) bond motifs is 1. The first-order valence-corrected chi connectivity index (χ1v) is 8.52. The van der Waals surface area contributed by atoms with Crippen molar-refractivity contribution in [2.75, 3.05) is 11.9 Å². The summed E-state index contributed by atoms with van der Waals surface area (Å²) in [6.07, 6.45) is 7.13. The third-order valence-electron chi connectivity index (χ3n) is 3.57. The van der Waals surface area contributed by atoms with Crippen LogP contribution in [0.4, 0.5) is 5.69 Å². The third kappa shape index (κ3) is 3.36. The molecule has 124 valence electrons. The van der Waals surface area contributed by atoms with E-state index >= 15 is 0 Å². The molecule has 4 aromatic rings. The van der Waals surface area contributed by atoms with Crippen molar-refractivity contribution in [2.24, 2.45) is 0 Å². The van der Waals surface area contributed by atoms with Crippen molar-refractivity contribution in [1.29, 1.82) is 0 Å². The Labute approximate surface area is 147 Å². The average Bonchev–Trinajstić information content (AvgIpc) is 3.23. The molecule has 3 heterocycles. The van der Waals surface area contributed by atoms with Gasteiger partial charge in [-0.25, -0.2) is 4.98 Å². The average molecular weight is 350 g/mol. The topological polar surface area (TPSA) is 68.5 Å². The van der Waals surface area contributed by atoms with E-state index in [4.69, 9.17) is 4.74 Å². The van der Waals surface area contributed by atoms with Gasteiger partial charge in [0.2, 0.25) is 0 Å². The summed E-state index contributed by atoms with van der Waals surface area (Å²) in [4.78, 5) is 21.7. The van der Waals surface area contributed by atoms with Crippen molar-refractivity contribution in [2.45, 2.75) is 0 Å². The molecule has 0 atom stereocenters. The molecule has 1 N–H and O–H groups in total. The number of aromatic nitrogens is 3. The summed E-state index contributed by atoms with van der Waals surface area (Å²) in [7, 11) is 0. The Bertz CT molecular complexity index is 982. The van der Waals surface area contributed by atoms with E-state index in [0.717, 1.165) is 16.2 Å². The number of hydrogen-bond acceptors (Lipinski definition) is 5. The zero-order valence-electron chi connectivity index (χ0n) is 13.1. The minimum atomic E-state index is -0.239. The predicted molar refractivity (Wildman–Crippen MR) is 96.9 cm³/mol. The number of anilines is 1. The van der Waals surface area contributed by atoms with Gasteiger partial charge in [0.25, 0.3) is 5.91 Å². The van der Waals surface area contributed by atoms with E-state index in [1.165, 1.54) is 0 Å². The lowest BCUT2D eigenvalue weighted by Gasteiger charge is -2.10. The second-order valence-electron chi connectivity index (χ2n) is 5.29. The van der Waals surface area contributed by atoms with E-state index in [1.807, 2.05) is 46.4 Å². The highest BCUT2D eigenvalue weighted by molar-refractivity contribution is 7.15. The molecule has 7 heteroatoms. The number of ether oxygens (including phenoxy) is 1. The molecule has 0 aliphatic carbocycles. The number of hydrogen-bond donors (Lipinski definition) is 1. The maximum absolute atomic E-state index is 12.2. The van der Waals surface area contributed by atoms with Gasteiger partial charge in [0, 0.05) is 29.5 Å². The van der Waals surface area contributed by atoms with Crippen LogP contribution < -0.4 is 10.1 Å². The molecule has 3 aromatic heterocycles. The molecular weight excluding hydrogens is 336 g/mol. The number of thiazole rings is 1. The van der Waals surface area contributed by atoms with Crippen molar-refractivity contribution in [1.82, 2.24) is 14.4 Å². The van der Waals surface area contributed by atoms with E-state index in [9.17, 15) is 4.79 Å². The van der Waals surface area contributed by atoms with Crippen molar-refractivity contribution in [3.05, 3.63) is 66.6 Å². The molecule has 1 amide bonds. The molecule has 0 aliphatic rings. The molecule has 0 saturated carbocycles. The van der Waals surface area contributed by atoms with Crippen LogP contribution in [0.15, 0.2) is 66.6 Å². The second-order valence-corrected chi connectivity index (χ2v) is 6.16. The van der Waals surface area contributed by atoms with E-state index in [0.29, 0.717) is 11.4 Å². The molecule has 6 nitrogen and oxygen atoms in total. The first kappa shape index (κ1) is 15.3. The summed E-state index contributed by atoms with van der Waals surface area (Å²) in [6.45, 7) is -0.0850. The quantitative estimate of drug-likeness (QED) is 0.598. The van der Waals surface area contributed by atoms with Crippen LogP contribution in [0.2, 0.25) is 0 Å². The number of imidazole rings is 1. The lowest BCUT2D eigenvalue weighted by Crippen LogP contribution is -2.20. The fourth-order valence-corrected chi connectivity index (χ4v) is 3.14. The zero-order chi connectivity index (χ0) is 17.1. The fraction of sp³-hybridized carbons (Fsp3) is 0.0556. The van der Waals surface area contributed by atoms with Crippen molar-refractivity contribution >= 4 is 27.9 Å². The Kier molecular flexibility index (Phi) is 4.14. The van der Waals surface area contributed by atoms with Crippen LogP contribution in [0.5, 0.6) is 5.75 Å². The lowest BCUT2D eigenvalue weighted by atomic mass is 10.1. The number of pyridine rings is 1. The minimum Gasteiger partial charge on any atom is -0.482 e. The molecule has 0 fully saturated rings. The lowest BCUT2D eigenvalue weighted by molar-refractivity contribution is -0.118. The Hall–Kier alpha value is -3.19. The first-order valence-electron chi connectivity index (χ1n) is 7.64. The highest BCUT2D eigenvalue weighted by atomic mass is 32.1. The van der Waals surface area contributed by atoms with Crippen LogP contribution in [-0.2, 0) is 4.79 Å². The van der Waals surface area contributed by atoms with Gasteiger partial charge in [-0.1, -0.05) is 18.2 Å². The fourth-order valence-electron chi connectivity index (χ4n) is 2.44. The molecule has 4 rings (SSSR count). The molecule has 0 unspecified atom stereocenters. The van der Waals surface area contributed by atoms with Gasteiger partial charge < -0.3 is 10.1 Å². The summed E-state index contributed by atoms with van der Waals surface area (Å²) in [5, 5.41) is 4.87. The molecule has 0 radical (unpaired) electrons. The molecule has 25 heavy (non-hydrogen) atoms. The number of rotatable bonds is 5. The van der Waals surface area contributed by atoms with E-state index in [-0.39, 0.29) is 12.5 Å². The molecule has 0 bridgehead atoms. The zero-order valence-corrected chi connectivity index (χ0v) is 13.9. The Morgan fingerprint density at radius 2 is 2.16 bits per heavy atom. The van der Waals surface area contributed by atoms with Gasteiger partial charge in [0.05, 0.1) is 17.6 Å². The van der Waals surface area contributed by atoms with Gasteiger partial charge in [0.1, 0.15) is 5.75 Å². The predicted octanol–water partition coefficient (Wildman–Crippen LogP) is 3.48. The van der Waals surface area contributed by atoms with Crippen LogP contribution >= 0.6 is 11.3 Å². The van der Waals surface area contributed by atoms with Gasteiger partial charge >= 0.3 is 0 Å². The highest BCUT2D eigenvalue weighted by Crippen LogP contribution is 2.28. The standard InChI is InChI=1S/C18H14N4O2S/c23-17(12-24-13-4-3-7-19-10-13)20-15-6-2-1-5-14(15)16-11-22-8-9-25-18(22)21-16/h1-11H,12H2,(H,20,23). The molecule has 0 aliphatic heterocycles. The van der Waals surface area contributed by atoms with Crippen molar-refractivity contribution in [3.8, 4) is 17.0 Å². The third-order valence-corrected chi connectivity index (χ3v) is 4.35. The number of carbonyl (C=O) groups excluding carboxylic acids is 1. The largest absolute Gasteiger partial charge is 0.482 e. The second kappa shape index (κ2) is 6.74. The van der Waals surface area contributed by atoms with Crippen LogP contribution in [-0.4, -0.2) is 26.9 Å². The van der Waals surface area contributed by atoms with Gasteiger partial charge in [-0.15, -0.1) is 11.3 Å². The summed E-state index contributed by atoms with van der Waals surface area (Å²) >= 11 is 1.57. The SMILES string of the molecule is O=C(COc1cccnc1)Nc1ccccc1-c1cn2ccsc2n1. The van der Waals surface area contributed by atoms with E-state index in [1.54, 1.807) is 35.9 Å². The molecule has 0 saturated heterocycles. The summed E-state index contributed by atoms with van der Waals surface area (Å²) in [5.41, 5.74) is 2.39. The Morgan fingerprint density at radius 3 is 3.00 bits per heavy atom. The minimum absolute atomic E-state index is 0.0850. The Balaban J connectivity index is 1.51. The maximum atomic E-state index is 12.2. The normalized spacial score (nSPS) is 10.7. The van der Waals surface area contributed by atoms with E-state index < -0.39 is 0 Å². The number of amides is 1. The van der Waals surface area contributed by atoms with Crippen LogP contribution in [0.3, 0.4) is 0 Å². The first-order chi connectivity index (χ1) is 12.3. The van der Waals surface area contributed by atoms with Gasteiger partial charge in [-0.2, -0.15) is 0 Å². The summed E-state index contributed by atoms with van der Waals surface area (Å²) in [5.74, 6) is 0.317. The van der Waals surface area contributed by atoms with Crippen LogP contribution in [0.1, 0.15) is 0 Å². The highest BCUT2D eigenvalue weighted by Gasteiger charge is 2.12. The number of nitrogens with zero attached hydrogens (tertiary/aromatic N) is 3. The summed E-state index contributed by atoms with van der Waals surface area (Å²) < 4.78 is 7.39. The van der Waals surface area contributed by atoms with Crippen molar-refractivity contribution in [3.63, 3.8) is 0 Å². The van der Waals surface area contributed by atoms with Crippen LogP contribution in [0, 0.1) is 0 Å². The smallest absolute Gasteiger partial charge is 0.262 e. The van der Waals surface area contributed by atoms with Crippen LogP contribution in [0.25, 0.3) is 16.2 Å². The number of nitrogens with one attached hydrogen (secondary N) is 1. The number of para-hydroxylation sites is 1. The molecule has 1 aromatic carbocycles. The summed E-state index contributed by atoms with van der Waals surface area (Å²) in [6, 6.07) is 11.1. The van der Waals surface area contributed by atoms with Gasteiger partial charge in [0.15, 0.2) is 11.6 Å². The monoisotopic (exact) mass is 350 g/mol. The van der Waals surface area contributed by atoms with E-state index in [2.05, 4.69) is 15.3 Å². The van der Waals surface area contributed by atoms with Gasteiger partial charge in [-0.3, -0.25) is 14.2 Å². The Morgan fingerprint density at radius 1 is 1.24 bits per heavy atom. The van der Waals surface area contributed by atoms with Crippen molar-refractivity contribution < 1.29 is 9.53 Å². The number of carbonyl (C=O) groups is 1. The number of benzene rings is 1. The van der Waals surface area contributed by atoms with Gasteiger partial charge in [-0.05, 0) is 18.2 Å². The maximum Gasteiger partial charge on any atom is 0.262 e. The molecular formula is C18H14N4O2S.